The maximum atomic E-state index is 10.4. The lowest BCUT2D eigenvalue weighted by Gasteiger charge is -1.96. The highest BCUT2D eigenvalue weighted by Crippen LogP contribution is 2.04. The average Bonchev–Trinajstić information content (AvgIpc) is 1.63. The molecule has 0 aliphatic rings. The van der Waals surface area contributed by atoms with Crippen molar-refractivity contribution in [2.75, 3.05) is 0 Å². The molecule has 0 aromatic rings. The van der Waals surface area contributed by atoms with Crippen molar-refractivity contribution in [3.63, 3.8) is 0 Å². The van der Waals surface area contributed by atoms with Gasteiger partial charge in [-0.05, 0) is 26.3 Å². The molecule has 0 aromatic heterocycles. The van der Waals surface area contributed by atoms with E-state index in [-0.39, 0.29) is 11.5 Å². The Balaban J connectivity index is 3.92. The van der Waals surface area contributed by atoms with Gasteiger partial charge < -0.3 is 5.11 Å². The van der Waals surface area contributed by atoms with Crippen molar-refractivity contribution in [2.45, 2.75) is 27.2 Å². The van der Waals surface area contributed by atoms with E-state index in [1.807, 2.05) is 0 Å². The van der Waals surface area contributed by atoms with E-state index < -0.39 is 0 Å². The van der Waals surface area contributed by atoms with Gasteiger partial charge in [0, 0.05) is 6.42 Å². The number of carbonyl (C=O) groups is 1. The van der Waals surface area contributed by atoms with E-state index in [4.69, 9.17) is 5.11 Å². The second kappa shape index (κ2) is 3.28. The molecule has 2 nitrogen and oxygen atoms in total. The van der Waals surface area contributed by atoms with Gasteiger partial charge in [0.05, 0.1) is 5.76 Å². The van der Waals surface area contributed by atoms with Crippen molar-refractivity contribution in [1.29, 1.82) is 0 Å². The smallest absolute Gasteiger partial charge is 0.133 e. The first-order chi connectivity index (χ1) is 4.04. The van der Waals surface area contributed by atoms with Crippen LogP contribution in [0.3, 0.4) is 0 Å². The van der Waals surface area contributed by atoms with Crippen molar-refractivity contribution in [1.82, 2.24) is 0 Å². The molecule has 9 heavy (non-hydrogen) atoms. The van der Waals surface area contributed by atoms with Gasteiger partial charge in [-0.2, -0.15) is 0 Å². The second-order valence-corrected chi connectivity index (χ2v) is 2.24. The Hall–Kier alpha value is -0.790. The van der Waals surface area contributed by atoms with E-state index in [9.17, 15) is 4.79 Å². The summed E-state index contributed by atoms with van der Waals surface area (Å²) in [5.74, 6) is 0.339. The van der Waals surface area contributed by atoms with Gasteiger partial charge in [-0.15, -0.1) is 0 Å². The molecule has 2 heteroatoms. The van der Waals surface area contributed by atoms with Crippen LogP contribution in [0.5, 0.6) is 0 Å². The molecule has 52 valence electrons. The summed E-state index contributed by atoms with van der Waals surface area (Å²) in [6, 6.07) is 0. The summed E-state index contributed by atoms with van der Waals surface area (Å²) in [7, 11) is 0. The second-order valence-electron chi connectivity index (χ2n) is 2.24. The van der Waals surface area contributed by atoms with Gasteiger partial charge >= 0.3 is 0 Å². The third kappa shape index (κ3) is 3.76. The summed E-state index contributed by atoms with van der Waals surface area (Å²) in [4.78, 5) is 10.4. The molecule has 0 rings (SSSR count). The summed E-state index contributed by atoms with van der Waals surface area (Å²) < 4.78 is 0. The largest absolute Gasteiger partial charge is 0.513 e. The van der Waals surface area contributed by atoms with Gasteiger partial charge in [-0.3, -0.25) is 4.79 Å². The molecule has 0 saturated carbocycles. The van der Waals surface area contributed by atoms with Gasteiger partial charge in [-0.25, -0.2) is 0 Å². The fraction of sp³-hybridized carbons (Fsp3) is 0.571. The Morgan fingerprint density at radius 1 is 1.33 bits per heavy atom. The number of rotatable bonds is 2. The number of allylic oxidation sites excluding steroid dienone is 2. The Morgan fingerprint density at radius 3 is 1.89 bits per heavy atom. The molecule has 0 fully saturated rings. The lowest BCUT2D eigenvalue weighted by molar-refractivity contribution is -0.116. The Bertz CT molecular complexity index is 141. The van der Waals surface area contributed by atoms with Crippen LogP contribution in [0.2, 0.25) is 0 Å². The predicted octanol–water partition coefficient (Wildman–Crippen LogP) is 1.82. The van der Waals surface area contributed by atoms with Gasteiger partial charge in [0.1, 0.15) is 5.78 Å². The maximum Gasteiger partial charge on any atom is 0.133 e. The van der Waals surface area contributed by atoms with Crippen LogP contribution >= 0.6 is 0 Å². The lowest BCUT2D eigenvalue weighted by Crippen LogP contribution is -1.92. The summed E-state index contributed by atoms with van der Waals surface area (Å²) in [5, 5.41) is 8.80. The third-order valence-corrected chi connectivity index (χ3v) is 1.13. The predicted molar refractivity (Wildman–Crippen MR) is 36.3 cm³/mol. The summed E-state index contributed by atoms with van der Waals surface area (Å²) in [5.41, 5.74) is 0.752. The molecule has 0 saturated heterocycles. The Kier molecular flexibility index (Phi) is 2.99. The number of aliphatic hydroxyl groups is 1. The van der Waals surface area contributed by atoms with Crippen LogP contribution in [0, 0.1) is 0 Å². The van der Waals surface area contributed by atoms with E-state index in [2.05, 4.69) is 0 Å². The topological polar surface area (TPSA) is 37.3 Å². The molecule has 0 atom stereocenters. The number of ketones is 1. The molecular formula is C7H12O2. The zero-order chi connectivity index (χ0) is 7.44. The van der Waals surface area contributed by atoms with E-state index in [1.165, 1.54) is 6.92 Å². The van der Waals surface area contributed by atoms with Crippen LogP contribution in [0.1, 0.15) is 27.2 Å². The molecule has 0 unspecified atom stereocenters. The molecule has 0 aliphatic carbocycles. The molecule has 0 amide bonds. The van der Waals surface area contributed by atoms with Crippen molar-refractivity contribution in [3.05, 3.63) is 11.3 Å². The lowest BCUT2D eigenvalue weighted by atomic mass is 10.1. The quantitative estimate of drug-likeness (QED) is 0.576. The van der Waals surface area contributed by atoms with Crippen LogP contribution < -0.4 is 0 Å². The summed E-state index contributed by atoms with van der Waals surface area (Å²) in [6.07, 6.45) is 0.363. The molecule has 0 aliphatic heterocycles. The molecule has 0 aromatic carbocycles. The molecule has 0 radical (unpaired) electrons. The Morgan fingerprint density at radius 2 is 1.78 bits per heavy atom. The molecular weight excluding hydrogens is 116 g/mol. The number of Topliss-reactive ketones (excluding diaryl/α,β-unsaturated/α-hetero) is 1. The zero-order valence-electron chi connectivity index (χ0n) is 6.06. The monoisotopic (exact) mass is 128 g/mol. The van der Waals surface area contributed by atoms with Gasteiger partial charge in [0.15, 0.2) is 0 Å². The highest BCUT2D eigenvalue weighted by Gasteiger charge is 1.97. The van der Waals surface area contributed by atoms with E-state index in [1.54, 1.807) is 13.8 Å². The van der Waals surface area contributed by atoms with Crippen LogP contribution in [0.15, 0.2) is 11.3 Å². The van der Waals surface area contributed by atoms with Gasteiger partial charge in [0.25, 0.3) is 0 Å². The van der Waals surface area contributed by atoms with Crippen LogP contribution in [-0.4, -0.2) is 10.9 Å². The first kappa shape index (κ1) is 8.21. The van der Waals surface area contributed by atoms with Crippen molar-refractivity contribution < 1.29 is 9.90 Å². The SMILES string of the molecule is CC(=O)C/C(C)=C(/C)O. The average molecular weight is 128 g/mol. The highest BCUT2D eigenvalue weighted by atomic mass is 16.3. The van der Waals surface area contributed by atoms with Gasteiger partial charge in [0.2, 0.25) is 0 Å². The molecule has 1 N–H and O–H groups in total. The third-order valence-electron chi connectivity index (χ3n) is 1.13. The first-order valence-corrected chi connectivity index (χ1v) is 2.88. The van der Waals surface area contributed by atoms with Crippen LogP contribution in [0.25, 0.3) is 0 Å². The number of hydrogen-bond acceptors (Lipinski definition) is 2. The highest BCUT2D eigenvalue weighted by molar-refractivity contribution is 5.78. The summed E-state index contributed by atoms with van der Waals surface area (Å²) in [6.45, 7) is 4.83. The number of aliphatic hydroxyl groups excluding tert-OH is 1. The summed E-state index contributed by atoms with van der Waals surface area (Å²) >= 11 is 0. The Labute approximate surface area is 55.2 Å². The fourth-order valence-electron chi connectivity index (χ4n) is 0.501. The normalized spacial score (nSPS) is 12.8. The van der Waals surface area contributed by atoms with Gasteiger partial charge in [-0.1, -0.05) is 0 Å². The standard InChI is InChI=1S/C7H12O2/c1-5(7(3)9)4-6(2)8/h9H,4H2,1-3H3/b7-5-. The minimum atomic E-state index is 0.0842. The van der Waals surface area contributed by atoms with Crippen LogP contribution in [0.4, 0.5) is 0 Å². The number of carbonyl (C=O) groups excluding carboxylic acids is 1. The molecule has 0 spiro atoms. The zero-order valence-corrected chi connectivity index (χ0v) is 6.06. The van der Waals surface area contributed by atoms with E-state index in [0.29, 0.717) is 6.42 Å². The minimum Gasteiger partial charge on any atom is -0.513 e. The van der Waals surface area contributed by atoms with Crippen molar-refractivity contribution in [3.8, 4) is 0 Å². The van der Waals surface area contributed by atoms with E-state index in [0.717, 1.165) is 5.57 Å². The fourth-order valence-corrected chi connectivity index (χ4v) is 0.501. The van der Waals surface area contributed by atoms with Crippen molar-refractivity contribution >= 4 is 5.78 Å². The number of hydrogen-bond donors (Lipinski definition) is 1. The molecule has 0 heterocycles. The first-order valence-electron chi connectivity index (χ1n) is 2.88. The van der Waals surface area contributed by atoms with Crippen LogP contribution in [-0.2, 0) is 4.79 Å². The minimum absolute atomic E-state index is 0.0842. The molecule has 0 bridgehead atoms. The van der Waals surface area contributed by atoms with Crippen molar-refractivity contribution in [2.24, 2.45) is 0 Å². The van der Waals surface area contributed by atoms with E-state index >= 15 is 0 Å². The maximum absolute atomic E-state index is 10.4.